The molecule has 1 saturated heterocycles. The van der Waals surface area contributed by atoms with Gasteiger partial charge in [-0.05, 0) is 48.6 Å². The zero-order valence-corrected chi connectivity index (χ0v) is 21.9. The number of carbonyl (C=O) groups is 1. The molecule has 0 radical (unpaired) electrons. The van der Waals surface area contributed by atoms with E-state index >= 15 is 0 Å². The maximum atomic E-state index is 11.5. The number of amides is 1. The highest BCUT2D eigenvalue weighted by atomic mass is 16.2. The third kappa shape index (κ3) is 6.74. The number of nitrogens with one attached hydrogen (secondary N) is 1. The first-order valence-corrected chi connectivity index (χ1v) is 12.9. The van der Waals surface area contributed by atoms with Crippen LogP contribution < -0.4 is 10.2 Å². The maximum Gasteiger partial charge on any atom is 0.229 e. The third-order valence-corrected chi connectivity index (χ3v) is 6.39. The summed E-state index contributed by atoms with van der Waals surface area (Å²) in [5, 5.41) is 4.44. The Balaban J connectivity index is 0.000000527. The molecule has 7 nitrogen and oxygen atoms in total. The Labute approximate surface area is 209 Å². The van der Waals surface area contributed by atoms with Crippen molar-refractivity contribution in [2.24, 2.45) is 5.41 Å². The van der Waals surface area contributed by atoms with E-state index in [4.69, 9.17) is 4.98 Å². The molecule has 5 rings (SSSR count). The predicted octanol–water partition coefficient (Wildman–Crippen LogP) is 6.01. The predicted molar refractivity (Wildman–Crippen MR) is 144 cm³/mol. The lowest BCUT2D eigenvalue weighted by molar-refractivity contribution is -0.129. The van der Waals surface area contributed by atoms with E-state index in [2.05, 4.69) is 84.0 Å². The molecule has 2 aliphatic rings. The van der Waals surface area contributed by atoms with E-state index < -0.39 is 0 Å². The van der Waals surface area contributed by atoms with Gasteiger partial charge >= 0.3 is 0 Å². The van der Waals surface area contributed by atoms with Crippen LogP contribution in [0.3, 0.4) is 0 Å². The van der Waals surface area contributed by atoms with Crippen molar-refractivity contribution < 1.29 is 4.79 Å². The van der Waals surface area contributed by atoms with Crippen LogP contribution >= 0.6 is 0 Å². The van der Waals surface area contributed by atoms with Crippen molar-refractivity contribution in [2.75, 3.05) is 36.4 Å². The van der Waals surface area contributed by atoms with Crippen molar-refractivity contribution in [1.82, 2.24) is 19.4 Å². The Morgan fingerprint density at radius 2 is 1.60 bits per heavy atom. The molecule has 0 unspecified atom stereocenters. The van der Waals surface area contributed by atoms with Crippen LogP contribution in [-0.2, 0) is 4.79 Å². The number of anilines is 3. The SMILES string of the molecule is CC(=O)N1CCN(c2ccc(Nc3ncc4ccn(C5CCCC5)c4n3)cc2)CC1.CC(C)(C)C. The van der Waals surface area contributed by atoms with Gasteiger partial charge in [0.05, 0.1) is 0 Å². The second kappa shape index (κ2) is 10.7. The quantitative estimate of drug-likeness (QED) is 0.499. The van der Waals surface area contributed by atoms with Crippen LogP contribution in [0, 0.1) is 5.41 Å². The van der Waals surface area contributed by atoms with Crippen LogP contribution in [0.25, 0.3) is 11.0 Å². The fourth-order valence-corrected chi connectivity index (χ4v) is 4.64. The van der Waals surface area contributed by atoms with Crippen molar-refractivity contribution in [2.45, 2.75) is 66.3 Å². The number of fused-ring (bicyclic) bond motifs is 1. The molecule has 0 bridgehead atoms. The molecule has 1 aliphatic heterocycles. The number of rotatable bonds is 4. The zero-order chi connectivity index (χ0) is 25.0. The van der Waals surface area contributed by atoms with Crippen molar-refractivity contribution in [3.63, 3.8) is 0 Å². The first kappa shape index (κ1) is 25.0. The summed E-state index contributed by atoms with van der Waals surface area (Å²) in [6.45, 7) is 13.7. The summed E-state index contributed by atoms with van der Waals surface area (Å²) in [5.74, 6) is 0.786. The van der Waals surface area contributed by atoms with Crippen LogP contribution in [0.2, 0.25) is 0 Å². The molecule has 3 heterocycles. The highest BCUT2D eigenvalue weighted by Crippen LogP contribution is 2.32. The molecule has 2 aromatic heterocycles. The summed E-state index contributed by atoms with van der Waals surface area (Å²) >= 11 is 0. The van der Waals surface area contributed by atoms with Crippen LogP contribution in [0.1, 0.15) is 66.3 Å². The molecule has 0 atom stereocenters. The molecule has 0 spiro atoms. The molecule has 3 aromatic rings. The topological polar surface area (TPSA) is 66.3 Å². The summed E-state index contributed by atoms with van der Waals surface area (Å²) < 4.78 is 2.32. The van der Waals surface area contributed by atoms with Gasteiger partial charge in [-0.25, -0.2) is 4.98 Å². The van der Waals surface area contributed by atoms with Gasteiger partial charge in [0, 0.05) is 68.3 Å². The lowest BCUT2D eigenvalue weighted by Gasteiger charge is -2.35. The molecular weight excluding hydrogens is 436 g/mol. The van der Waals surface area contributed by atoms with Gasteiger partial charge in [-0.3, -0.25) is 4.79 Å². The summed E-state index contributed by atoms with van der Waals surface area (Å²) in [6.07, 6.45) is 9.13. The van der Waals surface area contributed by atoms with Crippen LogP contribution in [0.4, 0.5) is 17.3 Å². The molecule has 1 aliphatic carbocycles. The van der Waals surface area contributed by atoms with Gasteiger partial charge < -0.3 is 19.7 Å². The van der Waals surface area contributed by atoms with Gasteiger partial charge in [0.2, 0.25) is 11.9 Å². The van der Waals surface area contributed by atoms with Crippen LogP contribution in [0.5, 0.6) is 0 Å². The summed E-state index contributed by atoms with van der Waals surface area (Å²) in [5.41, 5.74) is 3.66. The molecule has 1 amide bonds. The number of piperazine rings is 1. The van der Waals surface area contributed by atoms with E-state index in [-0.39, 0.29) is 5.91 Å². The van der Waals surface area contributed by atoms with Crippen molar-refractivity contribution in [1.29, 1.82) is 0 Å². The highest BCUT2D eigenvalue weighted by molar-refractivity contribution is 5.77. The molecule has 35 heavy (non-hydrogen) atoms. The Bertz CT molecular complexity index is 1110. The molecule has 1 aromatic carbocycles. The average Bonchev–Trinajstić information content (AvgIpc) is 3.48. The lowest BCUT2D eigenvalue weighted by Crippen LogP contribution is -2.48. The Kier molecular flexibility index (Phi) is 7.63. The van der Waals surface area contributed by atoms with Gasteiger partial charge in [-0.1, -0.05) is 40.5 Å². The molecule has 1 saturated carbocycles. The van der Waals surface area contributed by atoms with E-state index in [0.717, 1.165) is 42.9 Å². The second-order valence-corrected chi connectivity index (χ2v) is 11.3. The molecular formula is C28H40N6O. The standard InChI is InChI=1S/C23H28N6O.C5H12/c1-17(30)27-12-14-28(15-13-27)20-8-6-19(7-9-20)25-23-24-16-18-10-11-29(22(18)26-23)21-4-2-3-5-21;1-5(2,3)4/h6-11,16,21H,2-5,12-15H2,1H3,(H,24,25,26);1-4H3. The first-order chi connectivity index (χ1) is 16.7. The lowest BCUT2D eigenvalue weighted by atomic mass is 10.0. The maximum absolute atomic E-state index is 11.5. The number of carbonyl (C=O) groups excluding carboxylic acids is 1. The molecule has 2 fully saturated rings. The van der Waals surface area contributed by atoms with Gasteiger partial charge in [0.25, 0.3) is 0 Å². The van der Waals surface area contributed by atoms with Gasteiger partial charge in [-0.15, -0.1) is 0 Å². The van der Waals surface area contributed by atoms with E-state index in [1.54, 1.807) is 6.92 Å². The molecule has 188 valence electrons. The van der Waals surface area contributed by atoms with Gasteiger partial charge in [-0.2, -0.15) is 4.98 Å². The Morgan fingerprint density at radius 1 is 0.971 bits per heavy atom. The van der Waals surface area contributed by atoms with Crippen molar-refractivity contribution in [3.05, 3.63) is 42.7 Å². The number of nitrogens with zero attached hydrogens (tertiary/aromatic N) is 5. The highest BCUT2D eigenvalue weighted by Gasteiger charge is 2.20. The van der Waals surface area contributed by atoms with E-state index in [9.17, 15) is 4.79 Å². The fourth-order valence-electron chi connectivity index (χ4n) is 4.64. The first-order valence-electron chi connectivity index (χ1n) is 12.9. The van der Waals surface area contributed by atoms with Gasteiger partial charge in [0.15, 0.2) is 0 Å². The minimum absolute atomic E-state index is 0.158. The summed E-state index contributed by atoms with van der Waals surface area (Å²) in [7, 11) is 0. The number of benzene rings is 1. The minimum Gasteiger partial charge on any atom is -0.368 e. The van der Waals surface area contributed by atoms with Crippen LogP contribution in [-0.4, -0.2) is 51.5 Å². The Hall–Kier alpha value is -3.09. The monoisotopic (exact) mass is 476 g/mol. The largest absolute Gasteiger partial charge is 0.368 e. The third-order valence-electron chi connectivity index (χ3n) is 6.39. The second-order valence-electron chi connectivity index (χ2n) is 11.3. The normalized spacial score (nSPS) is 16.8. The zero-order valence-electron chi connectivity index (χ0n) is 21.9. The van der Waals surface area contributed by atoms with Crippen molar-refractivity contribution in [3.8, 4) is 0 Å². The van der Waals surface area contributed by atoms with E-state index in [0.29, 0.717) is 17.4 Å². The summed E-state index contributed by atoms with van der Waals surface area (Å²) in [4.78, 5) is 25.0. The number of aromatic nitrogens is 3. The Morgan fingerprint density at radius 3 is 2.20 bits per heavy atom. The van der Waals surface area contributed by atoms with Gasteiger partial charge in [0.1, 0.15) is 5.65 Å². The van der Waals surface area contributed by atoms with E-state index in [1.165, 1.54) is 31.4 Å². The molecule has 7 heteroatoms. The minimum atomic E-state index is 0.158. The molecule has 1 N–H and O–H groups in total. The summed E-state index contributed by atoms with van der Waals surface area (Å²) in [6, 6.07) is 11.0. The average molecular weight is 477 g/mol. The number of hydrogen-bond acceptors (Lipinski definition) is 5. The van der Waals surface area contributed by atoms with Crippen molar-refractivity contribution >= 4 is 34.3 Å². The van der Waals surface area contributed by atoms with E-state index in [1.807, 2.05) is 11.1 Å². The fraction of sp³-hybridized carbons (Fsp3) is 0.536. The number of hydrogen-bond donors (Lipinski definition) is 1. The smallest absolute Gasteiger partial charge is 0.229 e. The van der Waals surface area contributed by atoms with Crippen LogP contribution in [0.15, 0.2) is 42.7 Å².